The van der Waals surface area contributed by atoms with Gasteiger partial charge >= 0.3 is 0 Å². The maximum Gasteiger partial charge on any atom is 0.0794 e. The number of benzene rings is 1. The molecule has 0 radical (unpaired) electrons. The lowest BCUT2D eigenvalue weighted by atomic mass is 10.0. The number of aliphatic hydroxyl groups excluding tert-OH is 1. The van der Waals surface area contributed by atoms with Gasteiger partial charge in [-0.2, -0.15) is 0 Å². The molecule has 17 heavy (non-hydrogen) atoms. The van der Waals surface area contributed by atoms with Crippen LogP contribution in [0.4, 0.5) is 0 Å². The Labute approximate surface area is 115 Å². The van der Waals surface area contributed by atoms with Crippen molar-refractivity contribution in [3.63, 3.8) is 0 Å². The Morgan fingerprint density at radius 3 is 2.65 bits per heavy atom. The molecular formula is C13H12Cl2OS. The Kier molecular flexibility index (Phi) is 4.46. The van der Waals surface area contributed by atoms with Crippen LogP contribution in [0.2, 0.25) is 10.0 Å². The Morgan fingerprint density at radius 2 is 2.00 bits per heavy atom. The molecule has 0 fully saturated rings. The Hall–Kier alpha value is -0.540. The average molecular weight is 287 g/mol. The molecule has 1 N–H and O–H groups in total. The number of halogens is 2. The molecule has 0 spiro atoms. The van der Waals surface area contributed by atoms with E-state index in [2.05, 4.69) is 6.07 Å². The summed E-state index contributed by atoms with van der Waals surface area (Å²) in [4.78, 5) is 1.28. The first-order chi connectivity index (χ1) is 8.16. The second kappa shape index (κ2) is 5.87. The molecule has 0 aliphatic carbocycles. The molecule has 1 unspecified atom stereocenters. The van der Waals surface area contributed by atoms with Crippen molar-refractivity contribution in [1.82, 2.24) is 0 Å². The highest BCUT2D eigenvalue weighted by molar-refractivity contribution is 7.09. The number of hydrogen-bond acceptors (Lipinski definition) is 2. The first-order valence-electron chi connectivity index (χ1n) is 5.32. The van der Waals surface area contributed by atoms with Gasteiger partial charge in [-0.3, -0.25) is 0 Å². The lowest BCUT2D eigenvalue weighted by molar-refractivity contribution is 0.168. The molecular weight excluding hydrogens is 275 g/mol. The zero-order valence-corrected chi connectivity index (χ0v) is 11.4. The molecule has 1 nitrogen and oxygen atoms in total. The Bertz CT molecular complexity index is 482. The normalized spacial score (nSPS) is 12.6. The van der Waals surface area contributed by atoms with Crippen molar-refractivity contribution in [2.75, 3.05) is 0 Å². The third-order valence-corrected chi connectivity index (χ3v) is 4.25. The maximum atomic E-state index is 10.0. The summed E-state index contributed by atoms with van der Waals surface area (Å²) in [6.07, 6.45) is 1.07. The predicted octanol–water partition coefficient (Wildman–Crippen LogP) is 4.72. The van der Waals surface area contributed by atoms with Crippen LogP contribution in [-0.4, -0.2) is 5.11 Å². The SMILES string of the molecule is OC(CCc1cccs1)c1ccc(Cl)c(Cl)c1. The van der Waals surface area contributed by atoms with Gasteiger partial charge in [-0.15, -0.1) is 11.3 Å². The summed E-state index contributed by atoms with van der Waals surface area (Å²) in [5.74, 6) is 0. The molecule has 0 bridgehead atoms. The lowest BCUT2D eigenvalue weighted by Crippen LogP contribution is -1.98. The summed E-state index contributed by atoms with van der Waals surface area (Å²) in [7, 11) is 0. The molecule has 2 rings (SSSR count). The van der Waals surface area contributed by atoms with Crippen molar-refractivity contribution < 1.29 is 5.11 Å². The smallest absolute Gasteiger partial charge is 0.0794 e. The molecule has 0 saturated heterocycles. The number of rotatable bonds is 4. The van der Waals surface area contributed by atoms with Gasteiger partial charge in [0.1, 0.15) is 0 Å². The summed E-state index contributed by atoms with van der Waals surface area (Å²) in [6, 6.07) is 9.35. The van der Waals surface area contributed by atoms with Gasteiger partial charge in [-0.05, 0) is 42.0 Å². The van der Waals surface area contributed by atoms with Crippen molar-refractivity contribution in [2.45, 2.75) is 18.9 Å². The van der Waals surface area contributed by atoms with Crippen LogP contribution in [0, 0.1) is 0 Å². The van der Waals surface area contributed by atoms with Crippen LogP contribution in [0.1, 0.15) is 23.0 Å². The molecule has 0 saturated carbocycles. The highest BCUT2D eigenvalue weighted by Gasteiger charge is 2.09. The van der Waals surface area contributed by atoms with E-state index in [9.17, 15) is 5.11 Å². The molecule has 1 heterocycles. The summed E-state index contributed by atoms with van der Waals surface area (Å²) < 4.78 is 0. The van der Waals surface area contributed by atoms with E-state index < -0.39 is 6.10 Å². The quantitative estimate of drug-likeness (QED) is 0.862. The minimum atomic E-state index is -0.494. The number of hydrogen-bond donors (Lipinski definition) is 1. The van der Waals surface area contributed by atoms with E-state index in [0.717, 1.165) is 12.0 Å². The highest BCUT2D eigenvalue weighted by Crippen LogP contribution is 2.27. The number of aliphatic hydroxyl groups is 1. The monoisotopic (exact) mass is 286 g/mol. The third-order valence-electron chi connectivity index (χ3n) is 2.57. The second-order valence-electron chi connectivity index (χ2n) is 3.81. The second-order valence-corrected chi connectivity index (χ2v) is 5.65. The van der Waals surface area contributed by atoms with E-state index in [-0.39, 0.29) is 0 Å². The summed E-state index contributed by atoms with van der Waals surface area (Å²) in [6.45, 7) is 0. The van der Waals surface area contributed by atoms with Gasteiger partial charge in [0.25, 0.3) is 0 Å². The van der Waals surface area contributed by atoms with Gasteiger partial charge in [0.15, 0.2) is 0 Å². The minimum absolute atomic E-state index is 0.486. The lowest BCUT2D eigenvalue weighted by Gasteiger charge is -2.11. The van der Waals surface area contributed by atoms with Gasteiger partial charge < -0.3 is 5.11 Å². The zero-order valence-electron chi connectivity index (χ0n) is 9.07. The van der Waals surface area contributed by atoms with Crippen LogP contribution in [0.5, 0.6) is 0 Å². The van der Waals surface area contributed by atoms with Gasteiger partial charge in [-0.1, -0.05) is 35.3 Å². The van der Waals surface area contributed by atoms with Crippen LogP contribution >= 0.6 is 34.5 Å². The largest absolute Gasteiger partial charge is 0.388 e. The standard InChI is InChI=1S/C13H12Cl2OS/c14-11-5-3-9(8-12(11)15)13(16)6-4-10-2-1-7-17-10/h1-3,5,7-8,13,16H,4,6H2. The predicted molar refractivity (Wildman–Crippen MR) is 74.1 cm³/mol. The summed E-state index contributed by atoms with van der Waals surface area (Å²) in [5.41, 5.74) is 0.816. The van der Waals surface area contributed by atoms with E-state index in [1.807, 2.05) is 17.5 Å². The molecule has 1 aromatic heterocycles. The first kappa shape index (κ1) is 12.9. The van der Waals surface area contributed by atoms with E-state index in [4.69, 9.17) is 23.2 Å². The van der Waals surface area contributed by atoms with E-state index in [1.54, 1.807) is 23.5 Å². The molecule has 4 heteroatoms. The number of aryl methyl sites for hydroxylation is 1. The van der Waals surface area contributed by atoms with Crippen LogP contribution in [-0.2, 0) is 6.42 Å². The van der Waals surface area contributed by atoms with Gasteiger partial charge in [0.05, 0.1) is 16.1 Å². The fraction of sp³-hybridized carbons (Fsp3) is 0.231. The van der Waals surface area contributed by atoms with Crippen LogP contribution in [0.3, 0.4) is 0 Å². The minimum Gasteiger partial charge on any atom is -0.388 e. The molecule has 0 aliphatic rings. The van der Waals surface area contributed by atoms with Crippen LogP contribution in [0.15, 0.2) is 35.7 Å². The molecule has 1 atom stereocenters. The zero-order chi connectivity index (χ0) is 12.3. The average Bonchev–Trinajstić information content (AvgIpc) is 2.82. The van der Waals surface area contributed by atoms with Crippen molar-refractivity contribution in [3.05, 3.63) is 56.2 Å². The fourth-order valence-corrected chi connectivity index (χ4v) is 2.65. The summed E-state index contributed by atoms with van der Waals surface area (Å²) in [5, 5.41) is 13.1. The van der Waals surface area contributed by atoms with Gasteiger partial charge in [0, 0.05) is 4.88 Å². The Morgan fingerprint density at radius 1 is 1.18 bits per heavy atom. The van der Waals surface area contributed by atoms with Crippen molar-refractivity contribution >= 4 is 34.5 Å². The first-order valence-corrected chi connectivity index (χ1v) is 6.96. The molecule has 90 valence electrons. The third kappa shape index (κ3) is 3.46. The Balaban J connectivity index is 1.99. The van der Waals surface area contributed by atoms with Crippen molar-refractivity contribution in [2.24, 2.45) is 0 Å². The van der Waals surface area contributed by atoms with E-state index in [1.165, 1.54) is 4.88 Å². The molecule has 0 amide bonds. The maximum absolute atomic E-state index is 10.0. The van der Waals surface area contributed by atoms with E-state index in [0.29, 0.717) is 16.5 Å². The topological polar surface area (TPSA) is 20.2 Å². The van der Waals surface area contributed by atoms with E-state index >= 15 is 0 Å². The highest BCUT2D eigenvalue weighted by atomic mass is 35.5. The van der Waals surface area contributed by atoms with Crippen LogP contribution in [0.25, 0.3) is 0 Å². The van der Waals surface area contributed by atoms with Crippen LogP contribution < -0.4 is 0 Å². The molecule has 0 aliphatic heterocycles. The molecule has 1 aromatic carbocycles. The van der Waals surface area contributed by atoms with Gasteiger partial charge in [0.2, 0.25) is 0 Å². The molecule has 2 aromatic rings. The summed E-state index contributed by atoms with van der Waals surface area (Å²) >= 11 is 13.5. The fourth-order valence-electron chi connectivity index (χ4n) is 1.62. The van der Waals surface area contributed by atoms with Gasteiger partial charge in [-0.25, -0.2) is 0 Å². The van der Waals surface area contributed by atoms with Crippen molar-refractivity contribution in [1.29, 1.82) is 0 Å². The number of thiophene rings is 1. The van der Waals surface area contributed by atoms with Crippen molar-refractivity contribution in [3.8, 4) is 0 Å².